The number of benzene rings is 3. The molecule has 1 heterocycles. The van der Waals surface area contributed by atoms with Crippen LogP contribution < -0.4 is 9.47 Å². The Morgan fingerprint density at radius 1 is 0.967 bits per heavy atom. The SMILES string of the molecule is COc1ccc(C2=N/C(=C\c3ccccc3OCc3ccc(C)cc3)C(=O)O2)cc1. The molecule has 0 spiro atoms. The predicted octanol–water partition coefficient (Wildman–Crippen LogP) is 4.93. The first-order valence-electron chi connectivity index (χ1n) is 9.57. The van der Waals surface area contributed by atoms with Crippen LogP contribution in [-0.4, -0.2) is 19.0 Å². The van der Waals surface area contributed by atoms with Crippen LogP contribution >= 0.6 is 0 Å². The monoisotopic (exact) mass is 399 g/mol. The second-order valence-corrected chi connectivity index (χ2v) is 6.88. The van der Waals surface area contributed by atoms with Crippen molar-refractivity contribution in [3.63, 3.8) is 0 Å². The normalized spacial score (nSPS) is 14.4. The second-order valence-electron chi connectivity index (χ2n) is 6.88. The standard InChI is InChI=1S/C25H21NO4/c1-17-7-9-18(10-8-17)16-29-23-6-4-3-5-20(23)15-22-25(27)30-24(26-22)19-11-13-21(28-2)14-12-19/h3-15H,16H2,1-2H3/b22-15-. The van der Waals surface area contributed by atoms with Crippen molar-refractivity contribution in [2.45, 2.75) is 13.5 Å². The number of cyclic esters (lactones) is 1. The number of methoxy groups -OCH3 is 1. The predicted molar refractivity (Wildman–Crippen MR) is 116 cm³/mol. The number of ether oxygens (including phenoxy) is 3. The van der Waals surface area contributed by atoms with Gasteiger partial charge in [0, 0.05) is 11.1 Å². The third-order valence-electron chi connectivity index (χ3n) is 4.68. The highest BCUT2D eigenvalue weighted by Crippen LogP contribution is 2.26. The van der Waals surface area contributed by atoms with Crippen LogP contribution in [0, 0.1) is 6.92 Å². The first kappa shape index (κ1) is 19.5. The average molecular weight is 399 g/mol. The lowest BCUT2D eigenvalue weighted by Crippen LogP contribution is -2.05. The van der Waals surface area contributed by atoms with Crippen molar-refractivity contribution < 1.29 is 19.0 Å². The Hall–Kier alpha value is -3.86. The summed E-state index contributed by atoms with van der Waals surface area (Å²) in [5.74, 6) is 1.17. The molecule has 0 N–H and O–H groups in total. The van der Waals surface area contributed by atoms with Crippen LogP contribution in [0.1, 0.15) is 22.3 Å². The van der Waals surface area contributed by atoms with E-state index in [1.54, 1.807) is 37.5 Å². The minimum atomic E-state index is -0.492. The first-order valence-corrected chi connectivity index (χ1v) is 9.57. The van der Waals surface area contributed by atoms with E-state index < -0.39 is 5.97 Å². The van der Waals surface area contributed by atoms with Crippen LogP contribution in [0.15, 0.2) is 83.5 Å². The van der Waals surface area contributed by atoms with E-state index in [0.717, 1.165) is 16.9 Å². The summed E-state index contributed by atoms with van der Waals surface area (Å²) in [7, 11) is 1.60. The largest absolute Gasteiger partial charge is 0.497 e. The maximum atomic E-state index is 12.3. The average Bonchev–Trinajstić information content (AvgIpc) is 3.14. The molecular formula is C25H21NO4. The molecule has 5 heteroatoms. The maximum Gasteiger partial charge on any atom is 0.363 e. The molecule has 4 rings (SSSR count). The van der Waals surface area contributed by atoms with Crippen molar-refractivity contribution in [2.75, 3.05) is 7.11 Å². The molecule has 3 aromatic rings. The highest BCUT2D eigenvalue weighted by Gasteiger charge is 2.24. The molecule has 1 aliphatic rings. The summed E-state index contributed by atoms with van der Waals surface area (Å²) in [5, 5.41) is 0. The van der Waals surface area contributed by atoms with Crippen molar-refractivity contribution in [3.05, 3.63) is 101 Å². The van der Waals surface area contributed by atoms with Crippen LogP contribution in [0.4, 0.5) is 0 Å². The third-order valence-corrected chi connectivity index (χ3v) is 4.68. The number of nitrogens with zero attached hydrogens (tertiary/aromatic N) is 1. The molecule has 0 aliphatic carbocycles. The van der Waals surface area contributed by atoms with E-state index in [-0.39, 0.29) is 11.6 Å². The first-order chi connectivity index (χ1) is 14.6. The van der Waals surface area contributed by atoms with Gasteiger partial charge >= 0.3 is 5.97 Å². The summed E-state index contributed by atoms with van der Waals surface area (Å²) in [6, 6.07) is 22.9. The fraction of sp³-hybridized carbons (Fsp3) is 0.120. The summed E-state index contributed by atoms with van der Waals surface area (Å²) < 4.78 is 16.5. The fourth-order valence-corrected chi connectivity index (χ4v) is 2.99. The summed E-state index contributed by atoms with van der Waals surface area (Å²) in [6.07, 6.45) is 1.68. The molecular weight excluding hydrogens is 378 g/mol. The van der Waals surface area contributed by atoms with E-state index in [2.05, 4.69) is 17.1 Å². The molecule has 0 bridgehead atoms. The molecule has 5 nitrogen and oxygen atoms in total. The number of para-hydroxylation sites is 1. The zero-order valence-corrected chi connectivity index (χ0v) is 16.8. The molecule has 3 aromatic carbocycles. The quantitative estimate of drug-likeness (QED) is 0.436. The van der Waals surface area contributed by atoms with Gasteiger partial charge in [-0.05, 0) is 48.9 Å². The molecule has 0 fully saturated rings. The van der Waals surface area contributed by atoms with Gasteiger partial charge < -0.3 is 14.2 Å². The van der Waals surface area contributed by atoms with Gasteiger partial charge in [-0.25, -0.2) is 9.79 Å². The van der Waals surface area contributed by atoms with Crippen LogP contribution in [0.3, 0.4) is 0 Å². The minimum Gasteiger partial charge on any atom is -0.497 e. The number of hydrogen-bond donors (Lipinski definition) is 0. The molecule has 0 saturated carbocycles. The van der Waals surface area contributed by atoms with Crippen molar-refractivity contribution >= 4 is 17.9 Å². The van der Waals surface area contributed by atoms with Gasteiger partial charge in [-0.15, -0.1) is 0 Å². The summed E-state index contributed by atoms with van der Waals surface area (Å²) >= 11 is 0. The van der Waals surface area contributed by atoms with Gasteiger partial charge in [0.2, 0.25) is 5.90 Å². The lowest BCUT2D eigenvalue weighted by molar-refractivity contribution is -0.129. The maximum absolute atomic E-state index is 12.3. The van der Waals surface area contributed by atoms with E-state index in [0.29, 0.717) is 17.9 Å². The van der Waals surface area contributed by atoms with Crippen molar-refractivity contribution in [2.24, 2.45) is 4.99 Å². The summed E-state index contributed by atoms with van der Waals surface area (Å²) in [4.78, 5) is 16.7. The number of hydrogen-bond acceptors (Lipinski definition) is 5. The molecule has 0 aromatic heterocycles. The smallest absolute Gasteiger partial charge is 0.363 e. The van der Waals surface area contributed by atoms with Gasteiger partial charge in [0.1, 0.15) is 18.1 Å². The highest BCUT2D eigenvalue weighted by atomic mass is 16.6. The number of carbonyl (C=O) groups excluding carboxylic acids is 1. The Bertz CT molecular complexity index is 1110. The highest BCUT2D eigenvalue weighted by molar-refractivity contribution is 6.13. The van der Waals surface area contributed by atoms with Crippen LogP contribution in [0.2, 0.25) is 0 Å². The van der Waals surface area contributed by atoms with E-state index in [1.165, 1.54) is 5.56 Å². The van der Waals surface area contributed by atoms with Crippen molar-refractivity contribution in [1.29, 1.82) is 0 Å². The number of rotatable bonds is 6. The molecule has 150 valence electrons. The second kappa shape index (κ2) is 8.66. The Morgan fingerprint density at radius 2 is 1.70 bits per heavy atom. The Kier molecular flexibility index (Phi) is 5.61. The van der Waals surface area contributed by atoms with E-state index in [9.17, 15) is 4.79 Å². The number of carbonyl (C=O) groups is 1. The molecule has 0 saturated heterocycles. The zero-order chi connectivity index (χ0) is 20.9. The fourth-order valence-electron chi connectivity index (χ4n) is 2.99. The lowest BCUT2D eigenvalue weighted by atomic mass is 10.1. The van der Waals surface area contributed by atoms with E-state index >= 15 is 0 Å². The minimum absolute atomic E-state index is 0.229. The zero-order valence-electron chi connectivity index (χ0n) is 16.8. The van der Waals surface area contributed by atoms with E-state index in [4.69, 9.17) is 14.2 Å². The van der Waals surface area contributed by atoms with E-state index in [1.807, 2.05) is 43.3 Å². The van der Waals surface area contributed by atoms with Crippen LogP contribution in [0.25, 0.3) is 6.08 Å². The summed E-state index contributed by atoms with van der Waals surface area (Å²) in [6.45, 7) is 2.48. The van der Waals surface area contributed by atoms with Gasteiger partial charge in [0.25, 0.3) is 0 Å². The Labute approximate surface area is 175 Å². The van der Waals surface area contributed by atoms with Crippen molar-refractivity contribution in [3.8, 4) is 11.5 Å². The van der Waals surface area contributed by atoms with Crippen LogP contribution in [0.5, 0.6) is 11.5 Å². The molecule has 0 atom stereocenters. The Balaban J connectivity index is 1.55. The lowest BCUT2D eigenvalue weighted by Gasteiger charge is -2.09. The molecule has 0 amide bonds. The van der Waals surface area contributed by atoms with Gasteiger partial charge in [-0.1, -0.05) is 48.0 Å². The van der Waals surface area contributed by atoms with Crippen molar-refractivity contribution in [1.82, 2.24) is 0 Å². The third kappa shape index (κ3) is 4.41. The molecule has 1 aliphatic heterocycles. The number of esters is 1. The molecule has 30 heavy (non-hydrogen) atoms. The molecule has 0 unspecified atom stereocenters. The van der Waals surface area contributed by atoms with Gasteiger partial charge in [-0.2, -0.15) is 0 Å². The number of aryl methyl sites for hydroxylation is 1. The van der Waals surface area contributed by atoms with Gasteiger partial charge in [-0.3, -0.25) is 0 Å². The topological polar surface area (TPSA) is 57.1 Å². The van der Waals surface area contributed by atoms with Gasteiger partial charge in [0.05, 0.1) is 7.11 Å². The van der Waals surface area contributed by atoms with Gasteiger partial charge in [0.15, 0.2) is 5.70 Å². The summed E-state index contributed by atoms with van der Waals surface area (Å²) in [5.41, 5.74) is 3.97. The van der Waals surface area contributed by atoms with Crippen LogP contribution in [-0.2, 0) is 16.1 Å². The Morgan fingerprint density at radius 3 is 2.43 bits per heavy atom. The number of aliphatic imine (C=N–C) groups is 1. The molecule has 0 radical (unpaired) electrons.